The Morgan fingerprint density at radius 1 is 0.547 bits per heavy atom. The Hall–Kier alpha value is -2.89. The minimum absolute atomic E-state index is 0.0310. The Morgan fingerprint density at radius 2 is 0.962 bits per heavy atom. The monoisotopic (exact) mass is 762 g/mol. The molecule has 0 aromatic rings. The van der Waals surface area contributed by atoms with Crippen LogP contribution in [0.5, 0.6) is 0 Å². The molecule has 9 atom stereocenters. The second-order valence-corrected chi connectivity index (χ2v) is 16.0. The Morgan fingerprint density at radius 3 is 1.43 bits per heavy atom. The van der Waals surface area contributed by atoms with Crippen molar-refractivity contribution >= 4 is 29.8 Å². The number of hydrogen-bond acceptors (Lipinski definition) is 16. The molecule has 0 aliphatic carbocycles. The molecule has 0 spiro atoms. The molecule has 2 saturated heterocycles. The first kappa shape index (κ1) is 46.3. The molecule has 0 saturated carbocycles. The highest BCUT2D eigenvalue weighted by Gasteiger charge is 2.63. The zero-order valence-corrected chi connectivity index (χ0v) is 32.8. The molecule has 53 heavy (non-hydrogen) atoms. The predicted molar refractivity (Wildman–Crippen MR) is 185 cm³/mol. The fraction of sp³-hybridized carbons (Fsp3) is 0.865. The lowest BCUT2D eigenvalue weighted by Gasteiger charge is -2.45. The molecule has 0 bridgehead atoms. The lowest BCUT2D eigenvalue weighted by atomic mass is 9.98. The van der Waals surface area contributed by atoms with E-state index in [1.54, 1.807) is 41.5 Å². The molecule has 0 aromatic heterocycles. The van der Waals surface area contributed by atoms with E-state index >= 15 is 0 Å². The van der Waals surface area contributed by atoms with E-state index in [1.807, 2.05) is 27.7 Å². The molecule has 0 amide bonds. The van der Waals surface area contributed by atoms with E-state index in [4.69, 9.17) is 37.9 Å². The third-order valence-electron chi connectivity index (χ3n) is 8.09. The lowest BCUT2D eigenvalue weighted by Crippen LogP contribution is -2.64. The average molecular weight is 763 g/mol. The van der Waals surface area contributed by atoms with Gasteiger partial charge >= 0.3 is 29.8 Å². The van der Waals surface area contributed by atoms with Gasteiger partial charge < -0.3 is 53.2 Å². The summed E-state index contributed by atoms with van der Waals surface area (Å²) in [7, 11) is 0. The van der Waals surface area contributed by atoms with E-state index in [2.05, 4.69) is 0 Å². The predicted octanol–water partition coefficient (Wildman–Crippen LogP) is 2.59. The van der Waals surface area contributed by atoms with Crippen LogP contribution in [0.4, 0.5) is 0 Å². The molecule has 0 aromatic carbocycles. The Labute approximate surface area is 312 Å². The number of carbonyl (C=O) groups excluding carboxylic acids is 5. The molecule has 3 N–H and O–H groups in total. The van der Waals surface area contributed by atoms with E-state index in [0.717, 1.165) is 0 Å². The van der Waals surface area contributed by atoms with Crippen LogP contribution in [0.2, 0.25) is 0 Å². The van der Waals surface area contributed by atoms with Gasteiger partial charge in [-0.05, 0) is 29.6 Å². The number of ether oxygens (including phenoxy) is 8. The van der Waals surface area contributed by atoms with E-state index in [9.17, 15) is 39.3 Å². The van der Waals surface area contributed by atoms with Crippen molar-refractivity contribution in [2.45, 2.75) is 156 Å². The van der Waals surface area contributed by atoms with Crippen LogP contribution in [0.1, 0.15) is 101 Å². The molecular formula is C37H62O16. The van der Waals surface area contributed by atoms with Crippen LogP contribution in [-0.4, -0.2) is 120 Å². The van der Waals surface area contributed by atoms with Crippen LogP contribution in [0.15, 0.2) is 0 Å². The van der Waals surface area contributed by atoms with Crippen molar-refractivity contribution in [3.63, 3.8) is 0 Å². The molecule has 2 rings (SSSR count). The van der Waals surface area contributed by atoms with Gasteiger partial charge in [-0.1, -0.05) is 69.2 Å². The number of aliphatic hydroxyl groups is 3. The van der Waals surface area contributed by atoms with Crippen LogP contribution in [0.3, 0.4) is 0 Å². The van der Waals surface area contributed by atoms with E-state index < -0.39 is 104 Å². The zero-order valence-electron chi connectivity index (χ0n) is 32.8. The maximum absolute atomic E-state index is 13.1. The maximum atomic E-state index is 13.1. The van der Waals surface area contributed by atoms with Crippen LogP contribution in [-0.2, 0) is 61.9 Å². The highest BCUT2D eigenvalue weighted by atomic mass is 16.8. The topological polar surface area (TPSA) is 220 Å². The van der Waals surface area contributed by atoms with E-state index in [-0.39, 0.29) is 61.7 Å². The van der Waals surface area contributed by atoms with Crippen molar-refractivity contribution in [2.75, 3.05) is 19.8 Å². The van der Waals surface area contributed by atoms with Crippen molar-refractivity contribution in [2.24, 2.45) is 29.6 Å². The normalized spacial score (nSPS) is 28.8. The van der Waals surface area contributed by atoms with Crippen molar-refractivity contribution in [3.05, 3.63) is 0 Å². The van der Waals surface area contributed by atoms with Crippen LogP contribution in [0.25, 0.3) is 0 Å². The van der Waals surface area contributed by atoms with Gasteiger partial charge in [-0.15, -0.1) is 0 Å². The summed E-state index contributed by atoms with van der Waals surface area (Å²) in [5.74, 6) is -6.40. The van der Waals surface area contributed by atoms with Crippen molar-refractivity contribution in [1.29, 1.82) is 0 Å². The summed E-state index contributed by atoms with van der Waals surface area (Å²) in [5, 5.41) is 34.0. The second-order valence-electron chi connectivity index (χ2n) is 16.0. The van der Waals surface area contributed by atoms with E-state index in [1.165, 1.54) is 0 Å². The van der Waals surface area contributed by atoms with Gasteiger partial charge in [-0.2, -0.15) is 0 Å². The minimum Gasteiger partial charge on any atom is -0.463 e. The zero-order chi connectivity index (χ0) is 40.2. The standard InChI is InChI=1S/C37H62O16/c1-19(2)11-26(38)46-16-24-31(43)33(45)34(50-29(41)14-22(7)8)36(49-24)53-37(18-48-28(40)13-21(5)6)35(51-30(42)15-23(9)10)32(44)25(52-37)17-47-27(39)12-20(3)4/h19-25,31-36,43-45H,11-18H2,1-10H3/t24-,25-,31-,32-,33+,34-,35+,36-,37-/m1/s1. The number of rotatable bonds is 20. The molecule has 16 nitrogen and oxygen atoms in total. The smallest absolute Gasteiger partial charge is 0.306 e. The molecule has 0 radical (unpaired) electrons. The fourth-order valence-corrected chi connectivity index (χ4v) is 5.61. The maximum Gasteiger partial charge on any atom is 0.306 e. The highest BCUT2D eigenvalue weighted by molar-refractivity contribution is 5.71. The first-order chi connectivity index (χ1) is 24.6. The summed E-state index contributed by atoms with van der Waals surface area (Å²) in [4.78, 5) is 63.8. The third-order valence-corrected chi connectivity index (χ3v) is 8.09. The van der Waals surface area contributed by atoms with Gasteiger partial charge in [-0.25, -0.2) is 0 Å². The Balaban J connectivity index is 2.64. The molecule has 2 heterocycles. The molecular weight excluding hydrogens is 700 g/mol. The van der Waals surface area contributed by atoms with Gasteiger partial charge in [0.25, 0.3) is 0 Å². The van der Waals surface area contributed by atoms with Crippen molar-refractivity contribution < 1.29 is 77.2 Å². The molecule has 2 fully saturated rings. The SMILES string of the molecule is CC(C)CC(=O)OC[C@H]1O[C@](COC(=O)CC(C)C)(O[C@H]2O[C@H](COC(=O)CC(C)C)[C@@H](O)[C@H](O)[C@H]2OC(=O)CC(C)C)[C@@H](OC(=O)CC(C)C)[C@@H]1O. The minimum atomic E-state index is -2.41. The summed E-state index contributed by atoms with van der Waals surface area (Å²) in [6.45, 7) is 16.0. The summed E-state index contributed by atoms with van der Waals surface area (Å²) in [6.07, 6.45) is -13.6. The summed E-state index contributed by atoms with van der Waals surface area (Å²) in [5.41, 5.74) is 0. The van der Waals surface area contributed by atoms with Gasteiger partial charge in [0.05, 0.1) is 0 Å². The van der Waals surface area contributed by atoms with Gasteiger partial charge in [0.2, 0.25) is 12.1 Å². The van der Waals surface area contributed by atoms with Crippen LogP contribution < -0.4 is 0 Å². The molecule has 0 unspecified atom stereocenters. The van der Waals surface area contributed by atoms with Crippen LogP contribution >= 0.6 is 0 Å². The fourth-order valence-electron chi connectivity index (χ4n) is 5.61. The quantitative estimate of drug-likeness (QED) is 0.120. The summed E-state index contributed by atoms with van der Waals surface area (Å²) < 4.78 is 46.1. The Kier molecular flexibility index (Phi) is 18.6. The van der Waals surface area contributed by atoms with E-state index in [0.29, 0.717) is 0 Å². The highest BCUT2D eigenvalue weighted by Crippen LogP contribution is 2.40. The van der Waals surface area contributed by atoms with Gasteiger partial charge in [-0.3, -0.25) is 24.0 Å². The lowest BCUT2D eigenvalue weighted by molar-refractivity contribution is -0.384. The molecule has 306 valence electrons. The first-order valence-corrected chi connectivity index (χ1v) is 18.5. The second kappa shape index (κ2) is 21.3. The number of aliphatic hydroxyl groups excluding tert-OH is 3. The molecule has 16 heteroatoms. The largest absolute Gasteiger partial charge is 0.463 e. The number of esters is 5. The van der Waals surface area contributed by atoms with Crippen molar-refractivity contribution in [1.82, 2.24) is 0 Å². The third kappa shape index (κ3) is 15.0. The number of carbonyl (C=O) groups is 5. The molecule has 2 aliphatic heterocycles. The number of hydrogen-bond donors (Lipinski definition) is 3. The van der Waals surface area contributed by atoms with Gasteiger partial charge in [0.15, 0.2) is 12.2 Å². The van der Waals surface area contributed by atoms with Crippen molar-refractivity contribution in [3.8, 4) is 0 Å². The molecule has 2 aliphatic rings. The average Bonchev–Trinajstić information content (AvgIpc) is 3.26. The summed E-state index contributed by atoms with van der Waals surface area (Å²) in [6, 6.07) is 0. The van der Waals surface area contributed by atoms with Crippen LogP contribution in [0, 0.1) is 29.6 Å². The van der Waals surface area contributed by atoms with Gasteiger partial charge in [0.1, 0.15) is 50.3 Å². The first-order valence-electron chi connectivity index (χ1n) is 18.5. The summed E-state index contributed by atoms with van der Waals surface area (Å²) >= 11 is 0. The van der Waals surface area contributed by atoms with Gasteiger partial charge in [0, 0.05) is 32.1 Å². The Bertz CT molecular complexity index is 1200.